The Morgan fingerprint density at radius 1 is 0.634 bits per heavy atom. The lowest BCUT2D eigenvalue weighted by molar-refractivity contribution is -0.658. The lowest BCUT2D eigenvalue weighted by atomic mass is 10.1. The number of aryl methyl sites for hydroxylation is 4. The van der Waals surface area contributed by atoms with Crippen LogP contribution in [0.25, 0.3) is 45.1 Å². The Morgan fingerprint density at radius 2 is 1.05 bits per heavy atom. The number of benzene rings is 2. The van der Waals surface area contributed by atoms with Crippen molar-refractivity contribution < 1.29 is 9.13 Å². The van der Waals surface area contributed by atoms with Crippen LogP contribution < -0.4 is 31.6 Å². The summed E-state index contributed by atoms with van der Waals surface area (Å²) in [5.74, 6) is 0.730. The van der Waals surface area contributed by atoms with Gasteiger partial charge in [0.25, 0.3) is 0 Å². The molecule has 0 fully saturated rings. The third-order valence-corrected chi connectivity index (χ3v) is 7.58. The van der Waals surface area contributed by atoms with Crippen LogP contribution in [0.3, 0.4) is 0 Å². The predicted octanol–water partition coefficient (Wildman–Crippen LogP) is 1.18. The fourth-order valence-electron chi connectivity index (χ4n) is 5.87. The second kappa shape index (κ2) is 10.5. The van der Waals surface area contributed by atoms with Gasteiger partial charge in [0.2, 0.25) is 22.7 Å². The largest absolute Gasteiger partial charge is 0.350 e. The molecule has 6 rings (SSSR count). The predicted molar refractivity (Wildman–Crippen MR) is 152 cm³/mol. The van der Waals surface area contributed by atoms with E-state index in [2.05, 4.69) is 19.9 Å². The van der Waals surface area contributed by atoms with Crippen molar-refractivity contribution in [2.75, 3.05) is 0 Å². The molecule has 0 radical (unpaired) electrons. The molecule has 4 heterocycles. The average molecular weight is 555 g/mol. The van der Waals surface area contributed by atoms with Crippen LogP contribution in [0.2, 0.25) is 0 Å². The van der Waals surface area contributed by atoms with Crippen LogP contribution in [-0.2, 0) is 26.2 Å². The minimum Gasteiger partial charge on any atom is -0.315 e. The number of aromatic nitrogens is 8. The molecule has 0 saturated heterocycles. The second-order valence-corrected chi connectivity index (χ2v) is 9.92. The molecule has 208 valence electrons. The van der Waals surface area contributed by atoms with Crippen LogP contribution in [0.4, 0.5) is 0 Å². The minimum atomic E-state index is -0.669. The molecular formula is C29H30N8O4+2. The highest BCUT2D eigenvalue weighted by atomic mass is 16.2. The molecule has 0 atom stereocenters. The fraction of sp³-hybridized carbons (Fsp3) is 0.310. The highest BCUT2D eigenvalue weighted by Crippen LogP contribution is 2.22. The van der Waals surface area contributed by atoms with E-state index in [1.165, 1.54) is 0 Å². The monoisotopic (exact) mass is 554 g/mol. The summed E-state index contributed by atoms with van der Waals surface area (Å²) in [7, 11) is 0. The number of rotatable bonds is 8. The first-order valence-corrected chi connectivity index (χ1v) is 13.8. The van der Waals surface area contributed by atoms with Crippen molar-refractivity contribution in [3.05, 3.63) is 90.2 Å². The zero-order valence-corrected chi connectivity index (χ0v) is 22.9. The summed E-state index contributed by atoms with van der Waals surface area (Å²) in [6.45, 7) is 6.12. The number of nitrogens with zero attached hydrogens (tertiary/aromatic N) is 6. The molecule has 41 heavy (non-hydrogen) atoms. The minimum absolute atomic E-state index is 0.365. The Balaban J connectivity index is 1.33. The number of H-pyrrole nitrogens is 2. The summed E-state index contributed by atoms with van der Waals surface area (Å²) in [6, 6.07) is 15.6. The molecule has 0 spiro atoms. The normalized spacial score (nSPS) is 11.8. The highest BCUT2D eigenvalue weighted by molar-refractivity contribution is 5.76. The van der Waals surface area contributed by atoms with Crippen molar-refractivity contribution in [3.8, 4) is 23.0 Å². The Bertz CT molecular complexity index is 1960. The Labute approximate surface area is 232 Å². The summed E-state index contributed by atoms with van der Waals surface area (Å²) in [5.41, 5.74) is 2.06. The molecule has 4 aliphatic rings. The Kier molecular flexibility index (Phi) is 6.73. The maximum atomic E-state index is 12.8. The van der Waals surface area contributed by atoms with Crippen molar-refractivity contribution in [3.63, 3.8) is 0 Å². The third kappa shape index (κ3) is 4.41. The summed E-state index contributed by atoms with van der Waals surface area (Å²) in [4.78, 5) is 63.0. The number of aromatic amines is 2. The number of nitrogens with one attached hydrogen (secondary N) is 2. The van der Waals surface area contributed by atoms with Gasteiger partial charge in [0.15, 0.2) is 0 Å². The van der Waals surface area contributed by atoms with Crippen LogP contribution in [-0.4, -0.2) is 29.1 Å². The van der Waals surface area contributed by atoms with Crippen molar-refractivity contribution >= 4 is 22.1 Å². The van der Waals surface area contributed by atoms with Gasteiger partial charge in [-0.15, -0.1) is 0 Å². The van der Waals surface area contributed by atoms with Crippen LogP contribution in [0.15, 0.2) is 67.7 Å². The van der Waals surface area contributed by atoms with Gasteiger partial charge in [0.05, 0.1) is 0 Å². The zero-order valence-electron chi connectivity index (χ0n) is 22.9. The first-order valence-electron chi connectivity index (χ1n) is 13.8. The maximum absolute atomic E-state index is 12.8. The molecular weight excluding hydrogens is 524 g/mol. The molecule has 0 aromatic heterocycles. The SMILES string of the molecule is CC[n+]1c2c(=O)[nH]c(=O)nc-2n(CCCCCn2c3nc(=O)[nH]c(=O)c-3[n+](CC)c3ccccc32)c2ccccc21. The molecule has 0 amide bonds. The topological polar surface area (TPSA) is 143 Å². The van der Waals surface area contributed by atoms with Crippen molar-refractivity contribution in [1.82, 2.24) is 29.1 Å². The zero-order chi connectivity index (χ0) is 28.7. The average Bonchev–Trinajstić information content (AvgIpc) is 2.96. The van der Waals surface area contributed by atoms with E-state index in [4.69, 9.17) is 0 Å². The molecule has 2 aromatic carbocycles. The van der Waals surface area contributed by atoms with Crippen LogP contribution in [0.5, 0.6) is 0 Å². The molecule has 12 nitrogen and oxygen atoms in total. The molecule has 0 unspecified atom stereocenters. The Morgan fingerprint density at radius 3 is 1.46 bits per heavy atom. The third-order valence-electron chi connectivity index (χ3n) is 7.58. The van der Waals surface area contributed by atoms with Gasteiger partial charge in [0, 0.05) is 25.2 Å². The standard InChI is InChI=1S/C29H28N8O4/c1-3-34-18-12-6-8-14-20(18)36(24-22(34)26(38)32-28(40)30-24)16-10-5-11-17-37-21-15-9-7-13-19(21)35(4-2)23-25(37)31-29(41)33-27(23)39/h6-9,12-15H,3-5,10-11,16-17H2,1-2H3/p+2. The lowest BCUT2D eigenvalue weighted by Crippen LogP contribution is -2.46. The van der Waals surface area contributed by atoms with Crippen LogP contribution in [0, 0.1) is 0 Å². The number of fused-ring (bicyclic) bond motifs is 4. The van der Waals surface area contributed by atoms with Crippen molar-refractivity contribution in [2.45, 2.75) is 59.3 Å². The van der Waals surface area contributed by atoms with E-state index in [0.717, 1.165) is 41.3 Å². The molecule has 12 heteroatoms. The number of unbranched alkanes of at least 4 members (excludes halogenated alkanes) is 2. The maximum Gasteiger partial charge on any atom is 0.350 e. The smallest absolute Gasteiger partial charge is 0.315 e. The molecule has 0 saturated carbocycles. The molecule has 4 aliphatic heterocycles. The van der Waals surface area contributed by atoms with Gasteiger partial charge in [-0.2, -0.15) is 19.1 Å². The van der Waals surface area contributed by atoms with Crippen molar-refractivity contribution in [1.29, 1.82) is 0 Å². The number of hydrogen-bond acceptors (Lipinski definition) is 6. The van der Waals surface area contributed by atoms with Gasteiger partial charge < -0.3 is 9.13 Å². The summed E-state index contributed by atoms with van der Waals surface area (Å²) in [5, 5.41) is 0. The number of hydrogen-bond donors (Lipinski definition) is 2. The van der Waals surface area contributed by atoms with E-state index in [1.807, 2.05) is 80.6 Å². The number of para-hydroxylation sites is 4. The van der Waals surface area contributed by atoms with E-state index in [-0.39, 0.29) is 0 Å². The van der Waals surface area contributed by atoms with Gasteiger partial charge in [-0.1, -0.05) is 24.3 Å². The van der Waals surface area contributed by atoms with Gasteiger partial charge in [0.1, 0.15) is 24.1 Å². The van der Waals surface area contributed by atoms with Gasteiger partial charge in [-0.3, -0.25) is 19.6 Å². The van der Waals surface area contributed by atoms with E-state index in [9.17, 15) is 19.2 Å². The first kappa shape index (κ1) is 26.2. The van der Waals surface area contributed by atoms with E-state index < -0.39 is 22.5 Å². The second-order valence-electron chi connectivity index (χ2n) is 9.92. The van der Waals surface area contributed by atoms with E-state index in [0.29, 0.717) is 49.2 Å². The van der Waals surface area contributed by atoms with E-state index >= 15 is 0 Å². The van der Waals surface area contributed by atoms with Gasteiger partial charge in [-0.05, 0) is 45.2 Å². The molecule has 2 aromatic rings. The van der Waals surface area contributed by atoms with Gasteiger partial charge >= 0.3 is 33.9 Å². The lowest BCUT2D eigenvalue weighted by Gasteiger charge is -2.17. The highest BCUT2D eigenvalue weighted by Gasteiger charge is 2.30. The first-order chi connectivity index (χ1) is 19.9. The quantitative estimate of drug-likeness (QED) is 0.164. The van der Waals surface area contributed by atoms with Crippen molar-refractivity contribution in [2.24, 2.45) is 0 Å². The molecule has 0 bridgehead atoms. The Hall–Kier alpha value is -5.00. The van der Waals surface area contributed by atoms with Crippen LogP contribution >= 0.6 is 0 Å². The van der Waals surface area contributed by atoms with Crippen LogP contribution in [0.1, 0.15) is 33.1 Å². The summed E-state index contributed by atoms with van der Waals surface area (Å²) < 4.78 is 7.66. The van der Waals surface area contributed by atoms with E-state index in [1.54, 1.807) is 0 Å². The summed E-state index contributed by atoms with van der Waals surface area (Å²) in [6.07, 6.45) is 2.31. The fourth-order valence-corrected chi connectivity index (χ4v) is 5.87. The molecule has 2 N–H and O–H groups in total. The summed E-state index contributed by atoms with van der Waals surface area (Å²) >= 11 is 0. The molecule has 0 aliphatic carbocycles. The van der Waals surface area contributed by atoms with Gasteiger partial charge in [-0.25, -0.2) is 9.59 Å².